The van der Waals surface area contributed by atoms with E-state index in [1.807, 2.05) is 6.07 Å². The van der Waals surface area contributed by atoms with Gasteiger partial charge in [0, 0.05) is 5.56 Å². The molecule has 0 fully saturated rings. The van der Waals surface area contributed by atoms with Crippen LogP contribution >= 0.6 is 0 Å². The summed E-state index contributed by atoms with van der Waals surface area (Å²) in [5.41, 5.74) is 2.19. The summed E-state index contributed by atoms with van der Waals surface area (Å²) in [6.45, 7) is 4.33. The fourth-order valence-electron chi connectivity index (χ4n) is 2.48. The van der Waals surface area contributed by atoms with Gasteiger partial charge in [-0.2, -0.15) is 0 Å². The number of rotatable bonds is 1. The maximum atomic E-state index is 3.43. The molecule has 0 nitrogen and oxygen atoms in total. The minimum absolute atomic E-state index is 0.155. The monoisotopic (exact) mass is 270 g/mol. The van der Waals surface area contributed by atoms with E-state index in [-0.39, 0.29) is 5.41 Å². The third-order valence-corrected chi connectivity index (χ3v) is 3.79. The molecule has 3 rings (SSSR count). The van der Waals surface area contributed by atoms with E-state index < -0.39 is 0 Å². The normalized spacial score (nSPS) is 11.0. The molecule has 0 heterocycles. The Kier molecular flexibility index (Phi) is 3.50. The molecule has 3 aromatic carbocycles. The molecule has 0 N–H and O–H groups in total. The summed E-state index contributed by atoms with van der Waals surface area (Å²) < 4.78 is 0. The Morgan fingerprint density at radius 2 is 1.38 bits per heavy atom. The lowest BCUT2D eigenvalue weighted by molar-refractivity contribution is 0.698. The third kappa shape index (κ3) is 2.83. The summed E-state index contributed by atoms with van der Waals surface area (Å²) in [6, 6.07) is 25.1. The minimum atomic E-state index is -0.155. The highest BCUT2D eigenvalue weighted by Gasteiger charge is 2.16. The van der Waals surface area contributed by atoms with E-state index >= 15 is 0 Å². The molecular formula is C21H18. The van der Waals surface area contributed by atoms with Crippen LogP contribution in [0, 0.1) is 11.8 Å². The summed E-state index contributed by atoms with van der Waals surface area (Å²) in [6.07, 6.45) is 0. The first-order valence-electron chi connectivity index (χ1n) is 7.23. The molecule has 0 aliphatic carbocycles. The predicted octanol–water partition coefficient (Wildman–Crippen LogP) is 5.17. The predicted molar refractivity (Wildman–Crippen MR) is 90.3 cm³/mol. The largest absolute Gasteiger partial charge is 0.0868 e. The highest BCUT2D eigenvalue weighted by molar-refractivity contribution is 5.88. The van der Waals surface area contributed by atoms with Crippen LogP contribution in [0.4, 0.5) is 0 Å². The third-order valence-electron chi connectivity index (χ3n) is 3.79. The van der Waals surface area contributed by atoms with Crippen molar-refractivity contribution >= 4 is 10.8 Å². The first-order valence-corrected chi connectivity index (χ1v) is 7.23. The van der Waals surface area contributed by atoms with Crippen molar-refractivity contribution < 1.29 is 0 Å². The fourth-order valence-corrected chi connectivity index (χ4v) is 2.48. The highest BCUT2D eigenvalue weighted by atomic mass is 14.2. The molecule has 21 heavy (non-hydrogen) atoms. The Labute approximate surface area is 126 Å². The average Bonchev–Trinajstić information content (AvgIpc) is 2.54. The molecule has 102 valence electrons. The second kappa shape index (κ2) is 5.46. The highest BCUT2D eigenvalue weighted by Crippen LogP contribution is 2.23. The summed E-state index contributed by atoms with van der Waals surface area (Å²) in [5, 5.41) is 2.46. The molecule has 0 spiro atoms. The van der Waals surface area contributed by atoms with Gasteiger partial charge >= 0.3 is 0 Å². The van der Waals surface area contributed by atoms with Crippen molar-refractivity contribution in [3.05, 3.63) is 83.9 Å². The SMILES string of the molecule is CC(C)(C#Cc1cccc2ccccc12)c1ccccc1. The van der Waals surface area contributed by atoms with Gasteiger partial charge in [0.1, 0.15) is 0 Å². The van der Waals surface area contributed by atoms with Gasteiger partial charge in [-0.25, -0.2) is 0 Å². The lowest BCUT2D eigenvalue weighted by Crippen LogP contribution is -2.13. The van der Waals surface area contributed by atoms with E-state index in [0.29, 0.717) is 0 Å². The molecule has 0 aliphatic heterocycles. The van der Waals surface area contributed by atoms with Gasteiger partial charge in [0.15, 0.2) is 0 Å². The van der Waals surface area contributed by atoms with Gasteiger partial charge in [0.2, 0.25) is 0 Å². The molecule has 0 unspecified atom stereocenters. The quantitative estimate of drug-likeness (QED) is 0.535. The molecule has 0 bridgehead atoms. The van der Waals surface area contributed by atoms with Gasteiger partial charge in [-0.3, -0.25) is 0 Å². The molecule has 0 aromatic heterocycles. The lowest BCUT2D eigenvalue weighted by Gasteiger charge is -2.17. The Morgan fingerprint density at radius 1 is 0.714 bits per heavy atom. The van der Waals surface area contributed by atoms with Crippen LogP contribution in [0.25, 0.3) is 10.8 Å². The van der Waals surface area contributed by atoms with Crippen LogP contribution in [0.15, 0.2) is 72.8 Å². The van der Waals surface area contributed by atoms with Crippen LogP contribution in [-0.4, -0.2) is 0 Å². The summed E-state index contributed by atoms with van der Waals surface area (Å²) in [7, 11) is 0. The molecule has 0 saturated heterocycles. The zero-order chi connectivity index (χ0) is 14.7. The van der Waals surface area contributed by atoms with Crippen molar-refractivity contribution in [1.29, 1.82) is 0 Å². The van der Waals surface area contributed by atoms with Crippen molar-refractivity contribution in [3.63, 3.8) is 0 Å². The first-order chi connectivity index (χ1) is 10.2. The topological polar surface area (TPSA) is 0 Å². The molecule has 0 radical (unpaired) electrons. The molecular weight excluding hydrogens is 252 g/mol. The van der Waals surface area contributed by atoms with E-state index in [9.17, 15) is 0 Å². The fraction of sp³-hybridized carbons (Fsp3) is 0.143. The van der Waals surface area contributed by atoms with Crippen molar-refractivity contribution in [1.82, 2.24) is 0 Å². The standard InChI is InChI=1S/C21H18/c1-21(2,19-12-4-3-5-13-19)16-15-18-11-8-10-17-9-6-7-14-20(17)18/h3-14H,1-2H3. The van der Waals surface area contributed by atoms with Crippen molar-refractivity contribution in [2.45, 2.75) is 19.3 Å². The Morgan fingerprint density at radius 3 is 2.19 bits per heavy atom. The molecule has 0 atom stereocenters. The van der Waals surface area contributed by atoms with Crippen molar-refractivity contribution in [2.75, 3.05) is 0 Å². The number of hydrogen-bond donors (Lipinski definition) is 0. The van der Waals surface area contributed by atoms with Crippen molar-refractivity contribution in [2.24, 2.45) is 0 Å². The number of hydrogen-bond acceptors (Lipinski definition) is 0. The van der Waals surface area contributed by atoms with Crippen LogP contribution < -0.4 is 0 Å². The Bertz CT molecular complexity index is 809. The van der Waals surface area contributed by atoms with Gasteiger partial charge in [0.25, 0.3) is 0 Å². The maximum Gasteiger partial charge on any atom is 0.0510 e. The molecule has 0 saturated carbocycles. The van der Waals surface area contributed by atoms with Gasteiger partial charge in [-0.05, 0) is 36.2 Å². The van der Waals surface area contributed by atoms with E-state index in [2.05, 4.69) is 92.4 Å². The number of benzene rings is 3. The zero-order valence-electron chi connectivity index (χ0n) is 12.4. The van der Waals surface area contributed by atoms with E-state index in [4.69, 9.17) is 0 Å². The van der Waals surface area contributed by atoms with Crippen LogP contribution in [0.2, 0.25) is 0 Å². The van der Waals surface area contributed by atoms with Gasteiger partial charge < -0.3 is 0 Å². The van der Waals surface area contributed by atoms with E-state index in [0.717, 1.165) is 5.56 Å². The maximum absolute atomic E-state index is 3.43. The van der Waals surface area contributed by atoms with Crippen LogP contribution in [-0.2, 0) is 5.41 Å². The minimum Gasteiger partial charge on any atom is -0.0868 e. The van der Waals surface area contributed by atoms with E-state index in [1.54, 1.807) is 0 Å². The van der Waals surface area contributed by atoms with Gasteiger partial charge in [-0.15, -0.1) is 0 Å². The summed E-state index contributed by atoms with van der Waals surface area (Å²) in [5.74, 6) is 6.81. The Balaban J connectivity index is 2.04. The first kappa shape index (κ1) is 13.5. The van der Waals surface area contributed by atoms with Gasteiger partial charge in [0.05, 0.1) is 5.41 Å². The molecule has 3 aromatic rings. The van der Waals surface area contributed by atoms with Crippen LogP contribution in [0.1, 0.15) is 25.0 Å². The zero-order valence-corrected chi connectivity index (χ0v) is 12.4. The van der Waals surface area contributed by atoms with Crippen LogP contribution in [0.3, 0.4) is 0 Å². The Hall–Kier alpha value is -2.52. The number of fused-ring (bicyclic) bond motifs is 1. The van der Waals surface area contributed by atoms with Gasteiger partial charge in [-0.1, -0.05) is 78.6 Å². The smallest absolute Gasteiger partial charge is 0.0510 e. The second-order valence-electron chi connectivity index (χ2n) is 5.77. The van der Waals surface area contributed by atoms with E-state index in [1.165, 1.54) is 16.3 Å². The average molecular weight is 270 g/mol. The van der Waals surface area contributed by atoms with Crippen LogP contribution in [0.5, 0.6) is 0 Å². The summed E-state index contributed by atoms with van der Waals surface area (Å²) in [4.78, 5) is 0. The summed E-state index contributed by atoms with van der Waals surface area (Å²) >= 11 is 0. The second-order valence-corrected chi connectivity index (χ2v) is 5.77. The molecule has 0 amide bonds. The van der Waals surface area contributed by atoms with Crippen molar-refractivity contribution in [3.8, 4) is 11.8 Å². The molecule has 0 heteroatoms. The lowest BCUT2D eigenvalue weighted by atomic mass is 9.85. The molecule has 0 aliphatic rings.